The maximum atomic E-state index is 15.4. The fourth-order valence-electron chi connectivity index (χ4n) is 8.96. The van der Waals surface area contributed by atoms with Gasteiger partial charge in [-0.3, -0.25) is 0 Å². The van der Waals surface area contributed by atoms with Crippen LogP contribution >= 0.6 is 0 Å². The van der Waals surface area contributed by atoms with E-state index in [1.54, 1.807) is 0 Å². The highest BCUT2D eigenvalue weighted by Gasteiger charge is 2.52. The molecule has 0 aliphatic rings. The first-order valence-electron chi connectivity index (χ1n) is 23.9. The monoisotopic (exact) mass is 1100 g/mol. The molecule has 1 aromatic heterocycles. The third-order valence-electron chi connectivity index (χ3n) is 12.7. The summed E-state index contributed by atoms with van der Waals surface area (Å²) in [6.07, 6.45) is 24.3. The molecule has 1 heterocycles. The summed E-state index contributed by atoms with van der Waals surface area (Å²) in [7, 11) is 0. The molecule has 0 fully saturated rings. The van der Waals surface area contributed by atoms with E-state index >= 15 is 35.1 Å². The van der Waals surface area contributed by atoms with Crippen LogP contribution in [0.3, 0.4) is 0 Å². The van der Waals surface area contributed by atoms with Gasteiger partial charge in [0.25, 0.3) is 0 Å². The SMILES string of the molecule is CCCCCCCCCCCCCCCCC=Cc1c[n+](Cc2ccccc2)ccn1.Fc1c(F)c(F)c([B-](c2c(F)c(F)c(F)c(F)c2F)(c2c(F)c(F)c(F)c(F)c2F)c2c(F)c(F)c(F)c(F)c2F)c(F)c1F. The molecule has 5 aromatic carbocycles. The Balaban J connectivity index is 0.000000301. The molecule has 0 amide bonds. The maximum absolute atomic E-state index is 15.4. The van der Waals surface area contributed by atoms with Gasteiger partial charge < -0.3 is 0 Å². The highest BCUT2D eigenvalue weighted by Crippen LogP contribution is 2.31. The smallest absolute Gasteiger partial charge is 0.200 e. The Kier molecular flexibility index (Phi) is 21.5. The second kappa shape index (κ2) is 27.1. The van der Waals surface area contributed by atoms with Crippen molar-refractivity contribution in [2.75, 3.05) is 0 Å². The molecule has 0 unspecified atom stereocenters. The second-order valence-corrected chi connectivity index (χ2v) is 17.7. The standard InChI is InChI=1S/C29H45N2.C24BF20/c1-2-3-4-5-6-7-8-9-10-11-12-13-14-15-16-20-23-29-27-31(25-24-30-29)26-28-21-18-17-19-22-28;26-5-1(6(27)14(35)21(42)13(5)34)25(2-7(28)15(36)22(43)16(37)8(2)29,3-9(30)17(38)23(44)18(39)10(3)31)4-11(32)19(40)24(45)20(41)12(4)33/h17-25,27H,2-16,26H2,1H3;/q+1;-1. The van der Waals surface area contributed by atoms with Crippen molar-refractivity contribution in [1.82, 2.24) is 4.98 Å². The number of halogens is 20. The van der Waals surface area contributed by atoms with Crippen LogP contribution in [0.2, 0.25) is 0 Å². The third-order valence-corrected chi connectivity index (χ3v) is 12.7. The van der Waals surface area contributed by atoms with Crippen molar-refractivity contribution in [2.45, 2.75) is 110 Å². The predicted octanol–water partition coefficient (Wildman–Crippen LogP) is 14.1. The lowest BCUT2D eigenvalue weighted by Crippen LogP contribution is -2.81. The lowest BCUT2D eigenvalue weighted by Gasteiger charge is -2.44. The zero-order chi connectivity index (χ0) is 56.2. The van der Waals surface area contributed by atoms with E-state index in [2.05, 4.69) is 65.2 Å². The Morgan fingerprint density at radius 2 is 0.671 bits per heavy atom. The number of aromatic nitrogens is 2. The average molecular weight is 1100 g/mol. The van der Waals surface area contributed by atoms with E-state index in [0.29, 0.717) is 0 Å². The van der Waals surface area contributed by atoms with Gasteiger partial charge in [0.15, 0.2) is 88.7 Å². The van der Waals surface area contributed by atoms with E-state index in [-0.39, 0.29) is 0 Å². The molecule has 0 saturated carbocycles. The van der Waals surface area contributed by atoms with Gasteiger partial charge in [0.2, 0.25) is 0 Å². The van der Waals surface area contributed by atoms with E-state index in [1.807, 2.05) is 12.4 Å². The molecular weight excluding hydrogens is 1060 g/mol. The van der Waals surface area contributed by atoms with Crippen LogP contribution in [0.5, 0.6) is 0 Å². The van der Waals surface area contributed by atoms with Gasteiger partial charge in [0, 0.05) is 5.56 Å². The fraction of sp³-hybridized carbons (Fsp3) is 0.321. The summed E-state index contributed by atoms with van der Waals surface area (Å²) in [6, 6.07) is 10.6. The third kappa shape index (κ3) is 12.7. The topological polar surface area (TPSA) is 16.8 Å². The number of unbranched alkanes of at least 4 members (excludes halogenated alkanes) is 14. The summed E-state index contributed by atoms with van der Waals surface area (Å²) in [5.41, 5.74) is -12.0. The number of benzene rings is 5. The maximum Gasteiger partial charge on any atom is 0.200 e. The first-order valence-corrected chi connectivity index (χ1v) is 23.9. The summed E-state index contributed by atoms with van der Waals surface area (Å²) in [5.74, 6) is -71.4. The van der Waals surface area contributed by atoms with Gasteiger partial charge in [-0.25, -0.2) is 92.8 Å². The Morgan fingerprint density at radius 1 is 0.382 bits per heavy atom. The van der Waals surface area contributed by atoms with Gasteiger partial charge in [-0.15, -0.1) is 21.9 Å². The molecule has 0 bridgehead atoms. The van der Waals surface area contributed by atoms with Crippen LogP contribution in [-0.4, -0.2) is 11.1 Å². The molecule has 0 atom stereocenters. The van der Waals surface area contributed by atoms with Crippen molar-refractivity contribution in [2.24, 2.45) is 0 Å². The molecule has 76 heavy (non-hydrogen) atoms. The van der Waals surface area contributed by atoms with Gasteiger partial charge in [-0.05, 0) is 18.9 Å². The van der Waals surface area contributed by atoms with Gasteiger partial charge in [-0.2, -0.15) is 4.57 Å². The zero-order valence-corrected chi connectivity index (χ0v) is 40.1. The van der Waals surface area contributed by atoms with Crippen LogP contribution in [-0.2, 0) is 6.54 Å². The van der Waals surface area contributed by atoms with Crippen LogP contribution in [0.4, 0.5) is 87.8 Å². The number of hydrogen-bond acceptors (Lipinski definition) is 1. The molecule has 0 radical (unpaired) electrons. The Bertz CT molecular complexity index is 2640. The lowest BCUT2D eigenvalue weighted by molar-refractivity contribution is -0.689. The van der Waals surface area contributed by atoms with Crippen molar-refractivity contribution in [3.63, 3.8) is 0 Å². The average Bonchev–Trinajstić information content (AvgIpc) is 3.41. The van der Waals surface area contributed by atoms with Crippen molar-refractivity contribution in [3.05, 3.63) is 183 Å². The fourth-order valence-corrected chi connectivity index (χ4v) is 8.96. The summed E-state index contributed by atoms with van der Waals surface area (Å²) in [6.45, 7) is 3.18. The summed E-state index contributed by atoms with van der Waals surface area (Å²) in [4.78, 5) is 4.48. The summed E-state index contributed by atoms with van der Waals surface area (Å²) >= 11 is 0. The molecule has 23 heteroatoms. The van der Waals surface area contributed by atoms with Gasteiger partial charge in [0.05, 0.1) is 6.20 Å². The minimum absolute atomic E-state index is 0.892. The van der Waals surface area contributed by atoms with Gasteiger partial charge in [-0.1, -0.05) is 127 Å². The molecule has 0 N–H and O–H groups in total. The molecule has 0 aliphatic carbocycles. The van der Waals surface area contributed by atoms with Gasteiger partial charge >= 0.3 is 0 Å². The van der Waals surface area contributed by atoms with Crippen LogP contribution in [0, 0.1) is 116 Å². The quantitative estimate of drug-likeness (QED) is 0.0165. The lowest BCUT2D eigenvalue weighted by atomic mass is 9.12. The minimum Gasteiger partial charge on any atom is -0.244 e. The van der Waals surface area contributed by atoms with E-state index in [9.17, 15) is 52.7 Å². The van der Waals surface area contributed by atoms with Crippen molar-refractivity contribution in [3.8, 4) is 0 Å². The Morgan fingerprint density at radius 3 is 0.987 bits per heavy atom. The number of hydrogen-bond donors (Lipinski definition) is 0. The highest BCUT2D eigenvalue weighted by atomic mass is 19.2. The first-order chi connectivity index (χ1) is 36.1. The number of rotatable bonds is 22. The minimum atomic E-state index is -7.22. The van der Waals surface area contributed by atoms with Crippen LogP contribution < -0.4 is 26.4 Å². The molecule has 0 saturated heterocycles. The first kappa shape index (κ1) is 60.4. The Hall–Kier alpha value is -6.42. The van der Waals surface area contributed by atoms with Crippen LogP contribution in [0.15, 0.2) is 55.0 Å². The summed E-state index contributed by atoms with van der Waals surface area (Å²) in [5, 5.41) is 0. The van der Waals surface area contributed by atoms with Gasteiger partial charge in [0.1, 0.15) is 58.4 Å². The van der Waals surface area contributed by atoms with Crippen LogP contribution in [0.1, 0.15) is 114 Å². The summed E-state index contributed by atoms with van der Waals surface area (Å²) < 4.78 is 296. The molecule has 2 nitrogen and oxygen atoms in total. The number of nitrogens with zero attached hydrogens (tertiary/aromatic N) is 2. The van der Waals surface area contributed by atoms with E-state index < -0.39 is 144 Å². The molecule has 6 rings (SSSR count). The van der Waals surface area contributed by atoms with E-state index in [0.717, 1.165) is 18.7 Å². The Labute approximate surface area is 423 Å². The van der Waals surface area contributed by atoms with Crippen LogP contribution in [0.25, 0.3) is 6.08 Å². The van der Waals surface area contributed by atoms with Crippen molar-refractivity contribution < 1.29 is 92.4 Å². The molecule has 410 valence electrons. The molecule has 0 spiro atoms. The molecular formula is C53H45BF20N2. The molecule has 6 aromatic rings. The molecule has 0 aliphatic heterocycles. The van der Waals surface area contributed by atoms with E-state index in [1.165, 1.54) is 95.5 Å². The zero-order valence-electron chi connectivity index (χ0n) is 40.1. The van der Waals surface area contributed by atoms with Crippen molar-refractivity contribution in [1.29, 1.82) is 0 Å². The largest absolute Gasteiger partial charge is 0.244 e. The van der Waals surface area contributed by atoms with E-state index in [4.69, 9.17) is 0 Å². The van der Waals surface area contributed by atoms with Crippen molar-refractivity contribution >= 4 is 34.1 Å². The highest BCUT2D eigenvalue weighted by molar-refractivity contribution is 7.20. The second-order valence-electron chi connectivity index (χ2n) is 17.7. The predicted molar refractivity (Wildman–Crippen MR) is 243 cm³/mol. The normalized spacial score (nSPS) is 11.8. The number of allylic oxidation sites excluding steroid dienone is 1.